The fraction of sp³-hybridized carbons (Fsp3) is 0.273. The summed E-state index contributed by atoms with van der Waals surface area (Å²) in [4.78, 5) is 21.6. The van der Waals surface area contributed by atoms with E-state index in [4.69, 9.17) is 9.84 Å². The van der Waals surface area contributed by atoms with Crippen LogP contribution in [0.1, 0.15) is 23.7 Å². The van der Waals surface area contributed by atoms with Gasteiger partial charge in [-0.3, -0.25) is 9.59 Å². The second-order valence-electron chi connectivity index (χ2n) is 2.95. The summed E-state index contributed by atoms with van der Waals surface area (Å²) in [5, 5.41) is 8.44. The third-order valence-electron chi connectivity index (χ3n) is 1.80. The second kappa shape index (κ2) is 5.14. The normalized spacial score (nSPS) is 9.67. The molecular weight excluding hydrogens is 196 g/mol. The Morgan fingerprint density at radius 3 is 2.33 bits per heavy atom. The van der Waals surface area contributed by atoms with E-state index >= 15 is 0 Å². The lowest BCUT2D eigenvalue weighted by Crippen LogP contribution is -2.06. The molecule has 0 aromatic heterocycles. The van der Waals surface area contributed by atoms with Gasteiger partial charge in [0.05, 0.1) is 6.61 Å². The summed E-state index contributed by atoms with van der Waals surface area (Å²) >= 11 is 0. The first-order valence-electron chi connectivity index (χ1n) is 4.61. The molecule has 1 N–H and O–H groups in total. The average molecular weight is 208 g/mol. The fourth-order valence-electron chi connectivity index (χ4n) is 1.14. The Morgan fingerprint density at radius 1 is 1.27 bits per heavy atom. The number of ketones is 1. The molecule has 0 fully saturated rings. The molecule has 1 rings (SSSR count). The van der Waals surface area contributed by atoms with Gasteiger partial charge in [-0.2, -0.15) is 0 Å². The van der Waals surface area contributed by atoms with Gasteiger partial charge in [0.2, 0.25) is 0 Å². The van der Waals surface area contributed by atoms with E-state index < -0.39 is 18.2 Å². The van der Waals surface area contributed by atoms with Crippen molar-refractivity contribution in [1.29, 1.82) is 0 Å². The molecule has 0 atom stereocenters. The zero-order chi connectivity index (χ0) is 11.3. The van der Waals surface area contributed by atoms with Crippen molar-refractivity contribution in [3.63, 3.8) is 0 Å². The third kappa shape index (κ3) is 3.42. The van der Waals surface area contributed by atoms with Gasteiger partial charge in [0, 0.05) is 5.56 Å². The lowest BCUT2D eigenvalue weighted by atomic mass is 10.1. The monoisotopic (exact) mass is 208 g/mol. The number of carboxylic acids is 1. The average Bonchev–Trinajstić information content (AvgIpc) is 2.18. The van der Waals surface area contributed by atoms with E-state index in [0.717, 1.165) is 0 Å². The Kier molecular flexibility index (Phi) is 3.85. The molecule has 0 bridgehead atoms. The summed E-state index contributed by atoms with van der Waals surface area (Å²) in [7, 11) is 0. The fourth-order valence-corrected chi connectivity index (χ4v) is 1.14. The smallest absolute Gasteiger partial charge is 0.311 e. The predicted molar refractivity (Wildman–Crippen MR) is 54.2 cm³/mol. The van der Waals surface area contributed by atoms with Crippen LogP contribution in [0.5, 0.6) is 5.75 Å². The molecule has 0 radical (unpaired) electrons. The molecule has 0 aliphatic rings. The van der Waals surface area contributed by atoms with Gasteiger partial charge in [-0.05, 0) is 31.2 Å². The lowest BCUT2D eigenvalue weighted by Gasteiger charge is -2.03. The number of Topliss-reactive ketones (excluding diaryl/α,β-unsaturated/α-hetero) is 1. The van der Waals surface area contributed by atoms with E-state index in [9.17, 15) is 9.59 Å². The van der Waals surface area contributed by atoms with Crippen molar-refractivity contribution >= 4 is 11.8 Å². The molecule has 0 aliphatic heterocycles. The van der Waals surface area contributed by atoms with Gasteiger partial charge in [-0.25, -0.2) is 0 Å². The van der Waals surface area contributed by atoms with Crippen LogP contribution >= 0.6 is 0 Å². The number of ether oxygens (including phenoxy) is 1. The molecule has 0 saturated carbocycles. The molecule has 0 unspecified atom stereocenters. The molecule has 15 heavy (non-hydrogen) atoms. The Labute approximate surface area is 87.5 Å². The Morgan fingerprint density at radius 2 is 1.87 bits per heavy atom. The molecule has 0 amide bonds. The van der Waals surface area contributed by atoms with Crippen LogP contribution in [0.4, 0.5) is 0 Å². The standard InChI is InChI=1S/C11H12O4/c1-2-15-9-5-3-8(4-6-9)10(12)7-11(13)14/h3-6H,2,7H2,1H3,(H,13,14). The highest BCUT2D eigenvalue weighted by Gasteiger charge is 2.10. The third-order valence-corrected chi connectivity index (χ3v) is 1.80. The molecule has 0 aliphatic carbocycles. The number of benzene rings is 1. The van der Waals surface area contributed by atoms with Crippen LogP contribution in [0.2, 0.25) is 0 Å². The zero-order valence-electron chi connectivity index (χ0n) is 8.40. The Hall–Kier alpha value is -1.84. The number of carbonyl (C=O) groups is 2. The SMILES string of the molecule is CCOc1ccc(C(=O)CC(=O)O)cc1. The molecule has 4 nitrogen and oxygen atoms in total. The van der Waals surface area contributed by atoms with E-state index in [1.54, 1.807) is 24.3 Å². The quantitative estimate of drug-likeness (QED) is 0.591. The van der Waals surface area contributed by atoms with Crippen LogP contribution in [-0.2, 0) is 4.79 Å². The first-order chi connectivity index (χ1) is 7.13. The van der Waals surface area contributed by atoms with E-state index in [2.05, 4.69) is 0 Å². The first-order valence-corrected chi connectivity index (χ1v) is 4.61. The molecule has 80 valence electrons. The summed E-state index contributed by atoms with van der Waals surface area (Å²) in [6.07, 6.45) is -0.478. The van der Waals surface area contributed by atoms with Gasteiger partial charge in [0.25, 0.3) is 0 Å². The van der Waals surface area contributed by atoms with Crippen LogP contribution in [0, 0.1) is 0 Å². The topological polar surface area (TPSA) is 63.6 Å². The minimum atomic E-state index is -1.12. The number of aliphatic carboxylic acids is 1. The summed E-state index contributed by atoms with van der Waals surface area (Å²) in [6, 6.07) is 6.43. The van der Waals surface area contributed by atoms with Crippen LogP contribution in [0.15, 0.2) is 24.3 Å². The summed E-state index contributed by atoms with van der Waals surface area (Å²) in [5.74, 6) is -0.844. The van der Waals surface area contributed by atoms with Crippen molar-refractivity contribution in [2.24, 2.45) is 0 Å². The van der Waals surface area contributed by atoms with Gasteiger partial charge in [0.15, 0.2) is 5.78 Å². The predicted octanol–water partition coefficient (Wildman–Crippen LogP) is 1.74. The molecule has 0 heterocycles. The van der Waals surface area contributed by atoms with Crippen molar-refractivity contribution < 1.29 is 19.4 Å². The Balaban J connectivity index is 2.71. The highest BCUT2D eigenvalue weighted by atomic mass is 16.5. The molecule has 1 aromatic rings. The lowest BCUT2D eigenvalue weighted by molar-refractivity contribution is -0.135. The largest absolute Gasteiger partial charge is 0.494 e. The van der Waals surface area contributed by atoms with Gasteiger partial charge in [-0.15, -0.1) is 0 Å². The Bertz CT molecular complexity index is 353. The maximum absolute atomic E-state index is 11.3. The minimum Gasteiger partial charge on any atom is -0.494 e. The highest BCUT2D eigenvalue weighted by molar-refractivity contribution is 6.05. The maximum Gasteiger partial charge on any atom is 0.311 e. The van der Waals surface area contributed by atoms with Gasteiger partial charge < -0.3 is 9.84 Å². The molecular formula is C11H12O4. The molecule has 0 saturated heterocycles. The van der Waals surface area contributed by atoms with Gasteiger partial charge in [-0.1, -0.05) is 0 Å². The molecule has 0 spiro atoms. The second-order valence-corrected chi connectivity index (χ2v) is 2.95. The van der Waals surface area contributed by atoms with Gasteiger partial charge in [0.1, 0.15) is 12.2 Å². The van der Waals surface area contributed by atoms with Crippen molar-refractivity contribution in [2.75, 3.05) is 6.61 Å². The van der Waals surface area contributed by atoms with Crippen molar-refractivity contribution in [3.8, 4) is 5.75 Å². The van der Waals surface area contributed by atoms with Crippen LogP contribution < -0.4 is 4.74 Å². The zero-order valence-corrected chi connectivity index (χ0v) is 8.40. The van der Waals surface area contributed by atoms with Crippen molar-refractivity contribution in [1.82, 2.24) is 0 Å². The summed E-state index contributed by atoms with van der Waals surface area (Å²) < 4.78 is 5.19. The van der Waals surface area contributed by atoms with Gasteiger partial charge >= 0.3 is 5.97 Å². The first kappa shape index (κ1) is 11.2. The number of hydrogen-bond donors (Lipinski definition) is 1. The van der Waals surface area contributed by atoms with Crippen molar-refractivity contribution in [2.45, 2.75) is 13.3 Å². The number of hydrogen-bond acceptors (Lipinski definition) is 3. The highest BCUT2D eigenvalue weighted by Crippen LogP contribution is 2.13. The maximum atomic E-state index is 11.3. The van der Waals surface area contributed by atoms with Crippen LogP contribution in [0.3, 0.4) is 0 Å². The van der Waals surface area contributed by atoms with E-state index in [1.165, 1.54) is 0 Å². The summed E-state index contributed by atoms with van der Waals surface area (Å²) in [5.41, 5.74) is 0.390. The van der Waals surface area contributed by atoms with Crippen LogP contribution in [-0.4, -0.2) is 23.5 Å². The molecule has 4 heteroatoms. The number of carbonyl (C=O) groups excluding carboxylic acids is 1. The summed E-state index contributed by atoms with van der Waals surface area (Å²) in [6.45, 7) is 2.42. The minimum absolute atomic E-state index is 0.390. The van der Waals surface area contributed by atoms with Crippen molar-refractivity contribution in [3.05, 3.63) is 29.8 Å². The number of carboxylic acid groups (broad SMARTS) is 1. The van der Waals surface area contributed by atoms with E-state index in [1.807, 2.05) is 6.92 Å². The van der Waals surface area contributed by atoms with E-state index in [-0.39, 0.29) is 0 Å². The van der Waals surface area contributed by atoms with E-state index in [0.29, 0.717) is 17.9 Å². The molecule has 1 aromatic carbocycles. The number of rotatable bonds is 5. The van der Waals surface area contributed by atoms with Crippen LogP contribution in [0.25, 0.3) is 0 Å².